The van der Waals surface area contributed by atoms with Crippen molar-refractivity contribution in [3.63, 3.8) is 0 Å². The lowest BCUT2D eigenvalue weighted by molar-refractivity contribution is -0.126. The van der Waals surface area contributed by atoms with Crippen molar-refractivity contribution in [3.05, 3.63) is 0 Å². The van der Waals surface area contributed by atoms with E-state index in [9.17, 15) is 4.79 Å². The lowest BCUT2D eigenvalue weighted by Crippen LogP contribution is -2.44. The van der Waals surface area contributed by atoms with Gasteiger partial charge in [0.15, 0.2) is 0 Å². The molecule has 1 amide bonds. The topological polar surface area (TPSA) is 44.8 Å². The first-order valence-electron chi connectivity index (χ1n) is 7.59. The summed E-state index contributed by atoms with van der Waals surface area (Å²) in [5, 5.41) is 3.09. The maximum atomic E-state index is 12.1. The Morgan fingerprint density at radius 3 is 2.53 bits per heavy atom. The number of piperidine rings is 1. The van der Waals surface area contributed by atoms with Crippen LogP contribution >= 0.6 is 0 Å². The summed E-state index contributed by atoms with van der Waals surface area (Å²) in [7, 11) is 0. The van der Waals surface area contributed by atoms with Crippen molar-refractivity contribution >= 4 is 5.91 Å². The molecular formula is C14H29N3O2. The first kappa shape index (κ1) is 14.8. The molecule has 0 aliphatic carbocycles. The number of hydrogen-bond acceptors (Lipinski definition) is 4. The molecule has 1 N–H and O–H groups in total. The Kier molecular flexibility index (Phi) is 6.07. The summed E-state index contributed by atoms with van der Waals surface area (Å²) in [4.78, 5) is 16.8. The molecule has 0 unspecified atom stereocenters. The van der Waals surface area contributed by atoms with Gasteiger partial charge in [-0.3, -0.25) is 9.69 Å². The van der Waals surface area contributed by atoms with Crippen molar-refractivity contribution in [1.82, 2.24) is 15.1 Å². The van der Waals surface area contributed by atoms with Gasteiger partial charge in [0.05, 0.1) is 13.2 Å². The number of carbonyl (C=O) groups excluding carboxylic acids is 1. The minimum Gasteiger partial charge on any atom is -0.379 e. The third-order valence-electron chi connectivity index (χ3n) is 4.24. The molecule has 2 saturated heterocycles. The highest BCUT2D eigenvalue weighted by Crippen LogP contribution is 2.16. The van der Waals surface area contributed by atoms with Gasteiger partial charge in [-0.2, -0.15) is 0 Å². The van der Waals surface area contributed by atoms with Crippen LogP contribution in [0, 0.1) is 5.92 Å². The van der Waals surface area contributed by atoms with Crippen molar-refractivity contribution in [2.24, 2.45) is 5.92 Å². The molecule has 0 atom stereocenters. The normalized spacial score (nSPS) is 23.4. The van der Waals surface area contributed by atoms with Gasteiger partial charge in [0, 0.05) is 33.5 Å². The van der Waals surface area contributed by atoms with E-state index in [1.807, 2.05) is 0 Å². The van der Waals surface area contributed by atoms with Crippen LogP contribution in [0.1, 0.15) is 21.2 Å². The molecule has 0 spiro atoms. The van der Waals surface area contributed by atoms with E-state index in [0.717, 1.165) is 71.9 Å². The van der Waals surface area contributed by atoms with Crippen LogP contribution in [-0.2, 0) is 9.53 Å². The molecule has 0 aromatic rings. The predicted octanol–water partition coefficient (Wildman–Crippen LogP) is 0.413. The average Bonchev–Trinajstić information content (AvgIpc) is 2.48. The van der Waals surface area contributed by atoms with E-state index in [0.29, 0.717) is 0 Å². The number of hydrogen-bond donors (Lipinski definition) is 1. The average molecular weight is 271 g/mol. The molecule has 2 heterocycles. The Balaban J connectivity index is 0.00000200. The molecule has 2 rings (SSSR count). The Labute approximate surface area is 117 Å². The molecule has 0 aromatic heterocycles. The number of ether oxygens (including phenoxy) is 1. The summed E-state index contributed by atoms with van der Waals surface area (Å²) in [6.45, 7) is 10.8. The van der Waals surface area contributed by atoms with E-state index >= 15 is 0 Å². The number of nitrogens with zero attached hydrogens (tertiary/aromatic N) is 2. The van der Waals surface area contributed by atoms with Crippen LogP contribution in [0.4, 0.5) is 0 Å². The van der Waals surface area contributed by atoms with Gasteiger partial charge in [-0.1, -0.05) is 6.92 Å². The monoisotopic (exact) mass is 271 g/mol. The number of likely N-dealkylation sites (tertiary alicyclic amines) is 1. The van der Waals surface area contributed by atoms with Gasteiger partial charge in [0.2, 0.25) is 5.91 Å². The molecule has 0 bridgehead atoms. The second-order valence-electron chi connectivity index (χ2n) is 5.45. The van der Waals surface area contributed by atoms with Crippen molar-refractivity contribution in [2.75, 3.05) is 59.0 Å². The summed E-state index contributed by atoms with van der Waals surface area (Å²) < 4.78 is 5.31. The number of morpholine rings is 1. The second kappa shape index (κ2) is 7.82. The van der Waals surface area contributed by atoms with Crippen molar-refractivity contribution in [2.45, 2.75) is 19.8 Å². The van der Waals surface area contributed by atoms with Crippen LogP contribution in [0.15, 0.2) is 0 Å². The second-order valence-corrected chi connectivity index (χ2v) is 5.45. The summed E-state index contributed by atoms with van der Waals surface area (Å²) in [5.74, 6) is 0.483. The van der Waals surface area contributed by atoms with Crippen LogP contribution in [0.25, 0.3) is 0 Å². The van der Waals surface area contributed by atoms with E-state index < -0.39 is 0 Å². The summed E-state index contributed by atoms with van der Waals surface area (Å²) >= 11 is 0. The predicted molar refractivity (Wildman–Crippen MR) is 77.2 cm³/mol. The lowest BCUT2D eigenvalue weighted by atomic mass is 9.96. The zero-order chi connectivity index (χ0) is 13.5. The molecule has 19 heavy (non-hydrogen) atoms. The zero-order valence-electron chi connectivity index (χ0n) is 12.1. The molecule has 5 nitrogen and oxygen atoms in total. The lowest BCUT2D eigenvalue weighted by Gasteiger charge is -2.30. The minimum atomic E-state index is 0. The zero-order valence-corrected chi connectivity index (χ0v) is 12.1. The Morgan fingerprint density at radius 1 is 1.21 bits per heavy atom. The maximum absolute atomic E-state index is 12.1. The van der Waals surface area contributed by atoms with Crippen molar-refractivity contribution in [3.8, 4) is 0 Å². The van der Waals surface area contributed by atoms with Crippen LogP contribution in [0.2, 0.25) is 0 Å². The molecule has 5 heteroatoms. The van der Waals surface area contributed by atoms with Crippen molar-refractivity contribution < 1.29 is 11.0 Å². The van der Waals surface area contributed by atoms with E-state index in [1.54, 1.807) is 0 Å². The third kappa shape index (κ3) is 4.75. The van der Waals surface area contributed by atoms with Gasteiger partial charge < -0.3 is 15.0 Å². The summed E-state index contributed by atoms with van der Waals surface area (Å²) in [6, 6.07) is 0. The molecule has 2 aliphatic rings. The number of nitrogens with one attached hydrogen (secondary N) is 1. The van der Waals surface area contributed by atoms with Gasteiger partial charge in [-0.05, 0) is 32.5 Å². The van der Waals surface area contributed by atoms with Gasteiger partial charge >= 0.3 is 0 Å². The van der Waals surface area contributed by atoms with E-state index in [4.69, 9.17) is 4.74 Å². The van der Waals surface area contributed by atoms with Crippen LogP contribution < -0.4 is 5.32 Å². The summed E-state index contributed by atoms with van der Waals surface area (Å²) in [5.41, 5.74) is 0. The first-order chi connectivity index (χ1) is 9.29. The highest BCUT2D eigenvalue weighted by atomic mass is 16.5. The molecule has 112 valence electrons. The summed E-state index contributed by atoms with van der Waals surface area (Å²) in [6.07, 6.45) is 2.02. The molecule has 2 aliphatic heterocycles. The third-order valence-corrected chi connectivity index (χ3v) is 4.24. The number of rotatable bonds is 5. The van der Waals surface area contributed by atoms with E-state index in [2.05, 4.69) is 22.0 Å². The highest BCUT2D eigenvalue weighted by Gasteiger charge is 2.23. The quantitative estimate of drug-likeness (QED) is 0.787. The molecule has 0 saturated carbocycles. The SMILES string of the molecule is CCN1CCC(C(=O)NCCN2CCOCC2)CC1.[HH]. The van der Waals surface area contributed by atoms with E-state index in [-0.39, 0.29) is 13.3 Å². The standard InChI is InChI=1S/C14H27N3O2.H2/c1-2-16-6-3-13(4-7-16)14(18)15-5-8-17-9-11-19-12-10-17;/h13H,2-12H2,1H3,(H,15,18);1H. The number of amides is 1. The Hall–Kier alpha value is -0.650. The largest absolute Gasteiger partial charge is 0.379 e. The van der Waals surface area contributed by atoms with Gasteiger partial charge in [-0.25, -0.2) is 0 Å². The van der Waals surface area contributed by atoms with Crippen LogP contribution in [-0.4, -0.2) is 74.7 Å². The molecule has 2 fully saturated rings. The van der Waals surface area contributed by atoms with Gasteiger partial charge in [0.1, 0.15) is 0 Å². The minimum absolute atomic E-state index is 0. The maximum Gasteiger partial charge on any atom is 0.223 e. The van der Waals surface area contributed by atoms with Crippen LogP contribution in [0.3, 0.4) is 0 Å². The number of carbonyl (C=O) groups is 1. The van der Waals surface area contributed by atoms with E-state index in [1.165, 1.54) is 0 Å². The fourth-order valence-corrected chi connectivity index (χ4v) is 2.82. The van der Waals surface area contributed by atoms with Crippen molar-refractivity contribution in [1.29, 1.82) is 0 Å². The Morgan fingerprint density at radius 2 is 1.89 bits per heavy atom. The molecular weight excluding hydrogens is 242 g/mol. The molecule has 0 radical (unpaired) electrons. The van der Waals surface area contributed by atoms with Gasteiger partial charge in [-0.15, -0.1) is 0 Å². The van der Waals surface area contributed by atoms with Gasteiger partial charge in [0.25, 0.3) is 0 Å². The molecule has 0 aromatic carbocycles. The Bertz CT molecular complexity index is 278. The fraction of sp³-hybridized carbons (Fsp3) is 0.929. The first-order valence-corrected chi connectivity index (χ1v) is 7.59. The smallest absolute Gasteiger partial charge is 0.223 e. The highest BCUT2D eigenvalue weighted by molar-refractivity contribution is 5.78. The van der Waals surface area contributed by atoms with Crippen LogP contribution in [0.5, 0.6) is 0 Å². The fourth-order valence-electron chi connectivity index (χ4n) is 2.82.